The predicted octanol–water partition coefficient (Wildman–Crippen LogP) is 4.65. The molecule has 6 heteroatoms. The van der Waals surface area contributed by atoms with Gasteiger partial charge in [-0.05, 0) is 42.0 Å². The van der Waals surface area contributed by atoms with E-state index in [9.17, 15) is 9.18 Å². The maximum absolute atomic E-state index is 13.6. The molecule has 0 saturated carbocycles. The lowest BCUT2D eigenvalue weighted by molar-refractivity contribution is 0.209. The van der Waals surface area contributed by atoms with Gasteiger partial charge in [0.05, 0.1) is 12.6 Å². The van der Waals surface area contributed by atoms with Gasteiger partial charge in [-0.2, -0.15) is 0 Å². The van der Waals surface area contributed by atoms with Crippen LogP contribution >= 0.6 is 15.9 Å². The van der Waals surface area contributed by atoms with Crippen molar-refractivity contribution in [2.24, 2.45) is 0 Å². The summed E-state index contributed by atoms with van der Waals surface area (Å²) in [4.78, 5) is 14.2. The first-order chi connectivity index (χ1) is 11.5. The topological polar surface area (TPSA) is 34.5 Å². The molecule has 1 aromatic heterocycles. The lowest BCUT2D eigenvalue weighted by atomic mass is 10.2. The molecule has 0 atom stereocenters. The van der Waals surface area contributed by atoms with Crippen LogP contribution in [0.1, 0.15) is 5.56 Å². The zero-order chi connectivity index (χ0) is 17.3. The van der Waals surface area contributed by atoms with Crippen LogP contribution in [0, 0.1) is 5.82 Å². The molecule has 3 rings (SSSR count). The fourth-order valence-electron chi connectivity index (χ4n) is 2.64. The highest BCUT2D eigenvalue weighted by Gasteiger charge is 2.15. The number of carbonyl (C=O) groups is 1. The molecule has 0 bridgehead atoms. The summed E-state index contributed by atoms with van der Waals surface area (Å²) in [5.74, 6) is 0.0450. The van der Waals surface area contributed by atoms with E-state index in [-0.39, 0.29) is 18.4 Å². The Morgan fingerprint density at radius 1 is 1.25 bits per heavy atom. The molecule has 0 aliphatic rings. The summed E-state index contributed by atoms with van der Waals surface area (Å²) in [6.07, 6.45) is 1.74. The second-order valence-electron chi connectivity index (χ2n) is 5.53. The smallest absolute Gasteiger partial charge is 0.328 e. The van der Waals surface area contributed by atoms with Crippen LogP contribution in [0.2, 0.25) is 0 Å². The first-order valence-electron chi connectivity index (χ1n) is 7.33. The monoisotopic (exact) mass is 390 g/mol. The van der Waals surface area contributed by atoms with Crippen LogP contribution < -0.4 is 4.74 Å². The maximum Gasteiger partial charge on any atom is 0.328 e. The number of amides is 1. The van der Waals surface area contributed by atoms with Gasteiger partial charge < -0.3 is 9.64 Å². The summed E-state index contributed by atoms with van der Waals surface area (Å²) < 4.78 is 21.2. The fourth-order valence-corrected chi connectivity index (χ4v) is 3.01. The summed E-state index contributed by atoms with van der Waals surface area (Å²) in [7, 11) is 3.17. The van der Waals surface area contributed by atoms with E-state index in [1.165, 1.54) is 24.1 Å². The second kappa shape index (κ2) is 6.65. The van der Waals surface area contributed by atoms with E-state index < -0.39 is 0 Å². The molecule has 0 fully saturated rings. The van der Waals surface area contributed by atoms with E-state index >= 15 is 0 Å². The van der Waals surface area contributed by atoms with Crippen molar-refractivity contribution in [1.29, 1.82) is 0 Å². The maximum atomic E-state index is 13.6. The van der Waals surface area contributed by atoms with Crippen LogP contribution in [-0.4, -0.2) is 29.7 Å². The molecule has 0 spiro atoms. The number of rotatable bonds is 3. The largest absolute Gasteiger partial charge is 0.497 e. The number of fused-ring (bicyclic) bond motifs is 1. The van der Waals surface area contributed by atoms with Gasteiger partial charge in [-0.1, -0.05) is 15.9 Å². The molecule has 0 unspecified atom stereocenters. The number of halogens is 2. The molecular formula is C18H16BrFN2O2. The average molecular weight is 391 g/mol. The lowest BCUT2D eigenvalue weighted by Crippen LogP contribution is -2.30. The number of benzene rings is 2. The molecule has 0 N–H and O–H groups in total. The third kappa shape index (κ3) is 3.28. The van der Waals surface area contributed by atoms with Gasteiger partial charge in [-0.3, -0.25) is 4.57 Å². The molecule has 4 nitrogen and oxygen atoms in total. The summed E-state index contributed by atoms with van der Waals surface area (Å²) in [6.45, 7) is 0.281. The van der Waals surface area contributed by atoms with E-state index in [4.69, 9.17) is 4.74 Å². The highest BCUT2D eigenvalue weighted by atomic mass is 79.9. The molecule has 2 aromatic carbocycles. The molecule has 3 aromatic rings. The van der Waals surface area contributed by atoms with Gasteiger partial charge in [0.2, 0.25) is 0 Å². The number of methoxy groups -OCH3 is 1. The van der Waals surface area contributed by atoms with Crippen LogP contribution in [0.5, 0.6) is 5.75 Å². The zero-order valence-electron chi connectivity index (χ0n) is 13.3. The summed E-state index contributed by atoms with van der Waals surface area (Å²) in [5.41, 5.74) is 1.49. The Bertz CT molecular complexity index is 907. The minimum atomic E-state index is -0.388. The van der Waals surface area contributed by atoms with Crippen molar-refractivity contribution >= 4 is 32.9 Å². The first-order valence-corrected chi connectivity index (χ1v) is 8.13. The van der Waals surface area contributed by atoms with Crippen molar-refractivity contribution in [3.8, 4) is 5.75 Å². The van der Waals surface area contributed by atoms with Gasteiger partial charge in [0.1, 0.15) is 11.6 Å². The Balaban J connectivity index is 1.85. The summed E-state index contributed by atoms with van der Waals surface area (Å²) in [5, 5.41) is 0.971. The van der Waals surface area contributed by atoms with Gasteiger partial charge in [0.15, 0.2) is 0 Å². The van der Waals surface area contributed by atoms with Gasteiger partial charge in [0, 0.05) is 35.7 Å². The number of nitrogens with zero attached hydrogens (tertiary/aromatic N) is 2. The van der Waals surface area contributed by atoms with Crippen molar-refractivity contribution in [1.82, 2.24) is 9.47 Å². The number of hydrogen-bond acceptors (Lipinski definition) is 2. The Kier molecular flexibility index (Phi) is 4.57. The second-order valence-corrected chi connectivity index (χ2v) is 6.44. The normalized spacial score (nSPS) is 10.8. The first kappa shape index (κ1) is 16.5. The molecule has 124 valence electrons. The molecule has 1 heterocycles. The van der Waals surface area contributed by atoms with Crippen LogP contribution in [-0.2, 0) is 6.54 Å². The van der Waals surface area contributed by atoms with Crippen molar-refractivity contribution in [3.05, 3.63) is 64.5 Å². The van der Waals surface area contributed by atoms with E-state index in [1.807, 2.05) is 24.3 Å². The van der Waals surface area contributed by atoms with E-state index in [1.54, 1.807) is 23.9 Å². The number of ether oxygens (including phenoxy) is 1. The Morgan fingerprint density at radius 3 is 2.79 bits per heavy atom. The third-order valence-corrected chi connectivity index (χ3v) is 4.26. The van der Waals surface area contributed by atoms with E-state index in [0.717, 1.165) is 15.4 Å². The minimum absolute atomic E-state index is 0.185. The summed E-state index contributed by atoms with van der Waals surface area (Å²) in [6, 6.07) is 11.9. The van der Waals surface area contributed by atoms with Crippen molar-refractivity contribution < 1.29 is 13.9 Å². The fraction of sp³-hybridized carbons (Fsp3) is 0.167. The van der Waals surface area contributed by atoms with E-state index in [0.29, 0.717) is 11.3 Å². The lowest BCUT2D eigenvalue weighted by Gasteiger charge is -2.18. The highest BCUT2D eigenvalue weighted by Crippen LogP contribution is 2.22. The SMILES string of the molecule is COc1cc(F)cc(CN(C)C(=O)n2ccc3cc(Br)ccc32)c1. The quantitative estimate of drug-likeness (QED) is 0.652. The van der Waals surface area contributed by atoms with E-state index in [2.05, 4.69) is 15.9 Å². The molecule has 0 radical (unpaired) electrons. The van der Waals surface area contributed by atoms with Gasteiger partial charge in [-0.15, -0.1) is 0 Å². The minimum Gasteiger partial charge on any atom is -0.497 e. The van der Waals surface area contributed by atoms with Crippen molar-refractivity contribution in [2.75, 3.05) is 14.2 Å². The Labute approximate surface area is 147 Å². The molecule has 0 aliphatic heterocycles. The van der Waals surface area contributed by atoms with Gasteiger partial charge in [0.25, 0.3) is 0 Å². The zero-order valence-corrected chi connectivity index (χ0v) is 14.9. The summed E-state index contributed by atoms with van der Waals surface area (Å²) >= 11 is 3.42. The van der Waals surface area contributed by atoms with Gasteiger partial charge in [-0.25, -0.2) is 9.18 Å². The number of carbonyl (C=O) groups excluding carboxylic acids is 1. The van der Waals surface area contributed by atoms with Crippen molar-refractivity contribution in [3.63, 3.8) is 0 Å². The van der Waals surface area contributed by atoms with Crippen LogP contribution in [0.4, 0.5) is 9.18 Å². The molecule has 0 aliphatic carbocycles. The number of hydrogen-bond donors (Lipinski definition) is 0. The average Bonchev–Trinajstić information content (AvgIpc) is 2.96. The molecule has 0 saturated heterocycles. The number of aromatic nitrogens is 1. The third-order valence-electron chi connectivity index (χ3n) is 3.77. The molecule has 24 heavy (non-hydrogen) atoms. The predicted molar refractivity (Wildman–Crippen MR) is 94.9 cm³/mol. The Hall–Kier alpha value is -2.34. The van der Waals surface area contributed by atoms with Crippen LogP contribution in [0.25, 0.3) is 10.9 Å². The van der Waals surface area contributed by atoms with Gasteiger partial charge >= 0.3 is 6.03 Å². The molecular weight excluding hydrogens is 375 g/mol. The standard InChI is InChI=1S/C18H16BrFN2O2/c1-21(11-12-7-15(20)10-16(8-12)24-2)18(23)22-6-5-13-9-14(19)3-4-17(13)22/h3-10H,11H2,1-2H3. The van der Waals surface area contributed by atoms with Crippen LogP contribution in [0.3, 0.4) is 0 Å². The van der Waals surface area contributed by atoms with Crippen molar-refractivity contribution in [2.45, 2.75) is 6.54 Å². The van der Waals surface area contributed by atoms with Crippen LogP contribution in [0.15, 0.2) is 53.1 Å². The molecule has 1 amide bonds. The highest BCUT2D eigenvalue weighted by molar-refractivity contribution is 9.10. The Morgan fingerprint density at radius 2 is 2.04 bits per heavy atom.